The molecule has 0 aromatic rings. The van der Waals surface area contributed by atoms with E-state index in [1.165, 1.54) is 37.7 Å². The van der Waals surface area contributed by atoms with Crippen LogP contribution in [-0.2, 0) is 0 Å². The molecule has 0 spiro atoms. The highest BCUT2D eigenvalue weighted by atomic mass is 16.3. The summed E-state index contributed by atoms with van der Waals surface area (Å²) in [6.45, 7) is 17.1. The molecule has 4 aliphatic rings. The summed E-state index contributed by atoms with van der Waals surface area (Å²) in [5.41, 5.74) is 6.35. The van der Waals surface area contributed by atoms with Gasteiger partial charge in [0, 0.05) is 6.42 Å². The number of allylic oxidation sites excluding steroid dienone is 4. The minimum Gasteiger partial charge on any atom is -0.393 e. The highest BCUT2D eigenvalue weighted by Gasteiger charge is 2.61. The van der Waals surface area contributed by atoms with Crippen molar-refractivity contribution in [2.45, 2.75) is 116 Å². The summed E-state index contributed by atoms with van der Waals surface area (Å²) < 4.78 is 0. The molecule has 36 heavy (non-hydrogen) atoms. The largest absolute Gasteiger partial charge is 0.393 e. The fraction of sp³-hybridized carbons (Fsp3) is 0.727. The number of aliphatic hydroxyl groups is 3. The summed E-state index contributed by atoms with van der Waals surface area (Å²) in [6.07, 6.45) is 17.1. The maximum Gasteiger partial charge on any atom is 0.0811 e. The summed E-state index contributed by atoms with van der Waals surface area (Å²) >= 11 is 0. The summed E-state index contributed by atoms with van der Waals surface area (Å²) in [5, 5.41) is 30.9. The first-order chi connectivity index (χ1) is 16.9. The van der Waals surface area contributed by atoms with Gasteiger partial charge in [0.05, 0.1) is 17.8 Å². The second-order valence-corrected chi connectivity index (χ2v) is 13.7. The van der Waals surface area contributed by atoms with Crippen molar-refractivity contribution in [1.29, 1.82) is 0 Å². The third kappa shape index (κ3) is 5.56. The van der Waals surface area contributed by atoms with Crippen LogP contribution in [0.3, 0.4) is 0 Å². The van der Waals surface area contributed by atoms with Gasteiger partial charge in [0.2, 0.25) is 0 Å². The molecule has 0 bridgehead atoms. The molecule has 3 N–H and O–H groups in total. The Morgan fingerprint density at radius 3 is 2.47 bits per heavy atom. The molecule has 0 aromatic heterocycles. The normalized spacial score (nSPS) is 39.1. The lowest BCUT2D eigenvalue weighted by Crippen LogP contribution is -2.44. The molecule has 0 aliphatic heterocycles. The average Bonchev–Trinajstić information content (AvgIpc) is 3.58. The molecule has 0 amide bonds. The van der Waals surface area contributed by atoms with Crippen molar-refractivity contribution in [3.8, 4) is 0 Å². The van der Waals surface area contributed by atoms with E-state index in [2.05, 4.69) is 51.0 Å². The minimum absolute atomic E-state index is 0.231. The number of rotatable bonds is 8. The first-order valence-corrected chi connectivity index (χ1v) is 14.4. The Balaban J connectivity index is 1.65. The van der Waals surface area contributed by atoms with Crippen LogP contribution in [0.25, 0.3) is 0 Å². The van der Waals surface area contributed by atoms with Gasteiger partial charge in [-0.2, -0.15) is 0 Å². The molecule has 3 heteroatoms. The van der Waals surface area contributed by atoms with Gasteiger partial charge in [-0.05, 0) is 123 Å². The molecule has 3 unspecified atom stereocenters. The summed E-state index contributed by atoms with van der Waals surface area (Å²) in [4.78, 5) is 0. The fourth-order valence-electron chi connectivity index (χ4n) is 8.62. The van der Waals surface area contributed by atoms with E-state index in [-0.39, 0.29) is 10.8 Å². The van der Waals surface area contributed by atoms with E-state index >= 15 is 0 Å². The topological polar surface area (TPSA) is 60.7 Å². The van der Waals surface area contributed by atoms with Crippen LogP contribution < -0.4 is 0 Å². The zero-order valence-corrected chi connectivity index (χ0v) is 23.2. The van der Waals surface area contributed by atoms with Gasteiger partial charge < -0.3 is 15.3 Å². The van der Waals surface area contributed by atoms with Crippen LogP contribution in [0, 0.1) is 34.5 Å². The van der Waals surface area contributed by atoms with E-state index in [1.54, 1.807) is 0 Å². The van der Waals surface area contributed by atoms with E-state index in [4.69, 9.17) is 0 Å². The molecule has 0 saturated heterocycles. The average molecular weight is 495 g/mol. The molecule has 7 atom stereocenters. The van der Waals surface area contributed by atoms with E-state index in [1.807, 2.05) is 13.8 Å². The summed E-state index contributed by atoms with van der Waals surface area (Å²) in [7, 11) is 0. The quantitative estimate of drug-likeness (QED) is 0.317. The van der Waals surface area contributed by atoms with Crippen LogP contribution >= 0.6 is 0 Å². The monoisotopic (exact) mass is 494 g/mol. The predicted molar refractivity (Wildman–Crippen MR) is 148 cm³/mol. The Morgan fingerprint density at radius 2 is 1.83 bits per heavy atom. The van der Waals surface area contributed by atoms with E-state index < -0.39 is 17.8 Å². The third-order valence-electron chi connectivity index (χ3n) is 10.4. The lowest BCUT2D eigenvalue weighted by molar-refractivity contribution is -0.00700. The Hall–Kier alpha value is -1.38. The van der Waals surface area contributed by atoms with Crippen LogP contribution in [0.5, 0.6) is 0 Å². The van der Waals surface area contributed by atoms with Crippen LogP contribution in [0.1, 0.15) is 98.3 Å². The van der Waals surface area contributed by atoms with Crippen molar-refractivity contribution >= 4 is 0 Å². The number of hydrogen-bond donors (Lipinski definition) is 3. The van der Waals surface area contributed by atoms with Gasteiger partial charge in [0.25, 0.3) is 0 Å². The van der Waals surface area contributed by atoms with Crippen molar-refractivity contribution in [2.75, 3.05) is 0 Å². The zero-order valence-electron chi connectivity index (χ0n) is 23.2. The van der Waals surface area contributed by atoms with Crippen LogP contribution in [-0.4, -0.2) is 33.1 Å². The summed E-state index contributed by atoms with van der Waals surface area (Å²) in [6, 6.07) is 0. The zero-order chi connectivity index (χ0) is 26.3. The Morgan fingerprint density at radius 1 is 1.11 bits per heavy atom. The lowest BCUT2D eigenvalue weighted by Gasteiger charge is -2.51. The van der Waals surface area contributed by atoms with E-state index in [9.17, 15) is 15.3 Å². The number of aliphatic hydroxyl groups excluding tert-OH is 2. The van der Waals surface area contributed by atoms with Gasteiger partial charge >= 0.3 is 0 Å². The number of hydrogen-bond acceptors (Lipinski definition) is 3. The Kier molecular flexibility index (Phi) is 8.00. The maximum absolute atomic E-state index is 10.4. The third-order valence-corrected chi connectivity index (χ3v) is 10.4. The smallest absolute Gasteiger partial charge is 0.0811 e. The molecule has 200 valence electrons. The van der Waals surface area contributed by atoms with Crippen molar-refractivity contribution < 1.29 is 15.3 Å². The second kappa shape index (κ2) is 10.4. The molecule has 4 saturated carbocycles. The standard InChI is InChI=1S/C33H50O3/c1-7-10-25-20-28-23(12-13-24-19-27(34)21-29(35)22(24)2)11-8-17-33(28,6)30(25)32(5,26-14-15-26)18-9-16-31(3,4)36/h10,12-13,25-30,34-36H,1-2,8-9,11,14-21H2,3-6H3/b23-12+,24-13-/t25?,27-,28?,29?,30-,32-,33+/m1/s1. The van der Waals surface area contributed by atoms with E-state index in [0.717, 1.165) is 42.7 Å². The highest BCUT2D eigenvalue weighted by molar-refractivity contribution is 5.39. The highest BCUT2D eigenvalue weighted by Crippen LogP contribution is 2.69. The molecule has 4 rings (SSSR count). The van der Waals surface area contributed by atoms with Gasteiger partial charge in [0.15, 0.2) is 0 Å². The van der Waals surface area contributed by atoms with Crippen LogP contribution in [0.15, 0.2) is 53.8 Å². The molecule has 4 aliphatic carbocycles. The lowest BCUT2D eigenvalue weighted by atomic mass is 9.53. The van der Waals surface area contributed by atoms with Crippen molar-refractivity contribution in [3.05, 3.63) is 53.8 Å². The maximum atomic E-state index is 10.4. The number of fused-ring (bicyclic) bond motifs is 1. The molecule has 0 radical (unpaired) electrons. The molecule has 3 nitrogen and oxygen atoms in total. The van der Waals surface area contributed by atoms with Gasteiger partial charge in [-0.3, -0.25) is 0 Å². The van der Waals surface area contributed by atoms with Crippen LogP contribution in [0.2, 0.25) is 0 Å². The fourth-order valence-corrected chi connectivity index (χ4v) is 8.62. The molecule has 0 heterocycles. The second-order valence-electron chi connectivity index (χ2n) is 13.7. The van der Waals surface area contributed by atoms with Gasteiger partial charge in [-0.1, -0.05) is 51.2 Å². The molecular formula is C33H50O3. The SMILES string of the molecule is C=C=CC1CC2/C(=C/C=C3/C[C@@H](O)CC(O)C3=C)CCC[C@]2(C)[C@H]1[C@](C)(CCCC(C)(C)O)C1CC1. The Bertz CT molecular complexity index is 940. The van der Waals surface area contributed by atoms with Crippen LogP contribution in [0.4, 0.5) is 0 Å². The molecule has 0 aromatic carbocycles. The molecular weight excluding hydrogens is 444 g/mol. The molecule has 4 fully saturated rings. The van der Waals surface area contributed by atoms with Crippen molar-refractivity contribution in [1.82, 2.24) is 0 Å². The van der Waals surface area contributed by atoms with Crippen molar-refractivity contribution in [2.24, 2.45) is 34.5 Å². The van der Waals surface area contributed by atoms with Gasteiger partial charge in [-0.25, -0.2) is 0 Å². The minimum atomic E-state index is -0.642. The van der Waals surface area contributed by atoms with Crippen molar-refractivity contribution in [3.63, 3.8) is 0 Å². The summed E-state index contributed by atoms with van der Waals surface area (Å²) in [5.74, 6) is 2.38. The van der Waals surface area contributed by atoms with E-state index in [0.29, 0.717) is 30.6 Å². The van der Waals surface area contributed by atoms with Gasteiger partial charge in [0.1, 0.15) is 0 Å². The Labute approximate surface area is 219 Å². The first kappa shape index (κ1) is 27.6. The predicted octanol–water partition coefficient (Wildman–Crippen LogP) is 7.05. The first-order valence-electron chi connectivity index (χ1n) is 14.4. The van der Waals surface area contributed by atoms with Gasteiger partial charge in [-0.15, -0.1) is 5.73 Å².